The number of urea groups is 1. The predicted molar refractivity (Wildman–Crippen MR) is 78.3 cm³/mol. The van der Waals surface area contributed by atoms with Gasteiger partial charge < -0.3 is 5.32 Å². The fraction of sp³-hybridized carbons (Fsp3) is 0.188. The first-order chi connectivity index (χ1) is 9.18. The zero-order valence-electron chi connectivity index (χ0n) is 11.3. The Balaban J connectivity index is 1.97. The third-order valence-electron chi connectivity index (χ3n) is 3.14. The van der Waals surface area contributed by atoms with Crippen LogP contribution in [0, 0.1) is 6.92 Å². The number of carbonyl (C=O) groups excluding carboxylic acids is 1. The molecule has 0 saturated carbocycles. The van der Waals surface area contributed by atoms with Gasteiger partial charge >= 0.3 is 6.03 Å². The lowest BCUT2D eigenvalue weighted by molar-refractivity contribution is 0.247. The third kappa shape index (κ3) is 3.35. The van der Waals surface area contributed by atoms with Crippen molar-refractivity contribution in [3.8, 4) is 0 Å². The molecule has 0 aliphatic heterocycles. The van der Waals surface area contributed by atoms with Gasteiger partial charge in [-0.25, -0.2) is 4.79 Å². The fourth-order valence-electron chi connectivity index (χ4n) is 1.87. The standard InChI is InChI=1S/C16H18N2O/c1-13-8-6-7-9-14(13)12-17-16(19)18(2)15-10-4-3-5-11-15/h3-11H,12H2,1-2H3,(H,17,19). The van der Waals surface area contributed by atoms with Crippen molar-refractivity contribution in [1.29, 1.82) is 0 Å². The smallest absolute Gasteiger partial charge is 0.321 e. The summed E-state index contributed by atoms with van der Waals surface area (Å²) in [5.41, 5.74) is 3.20. The summed E-state index contributed by atoms with van der Waals surface area (Å²) in [6.45, 7) is 2.59. The van der Waals surface area contributed by atoms with E-state index >= 15 is 0 Å². The number of nitrogens with zero attached hydrogens (tertiary/aromatic N) is 1. The Morgan fingerprint density at radius 3 is 2.37 bits per heavy atom. The Morgan fingerprint density at radius 2 is 1.68 bits per heavy atom. The van der Waals surface area contributed by atoms with Crippen LogP contribution in [0.2, 0.25) is 0 Å². The lowest BCUT2D eigenvalue weighted by Crippen LogP contribution is -2.36. The normalized spacial score (nSPS) is 10.0. The second-order valence-electron chi connectivity index (χ2n) is 4.48. The number of amides is 2. The molecule has 3 heteroatoms. The quantitative estimate of drug-likeness (QED) is 0.895. The summed E-state index contributed by atoms with van der Waals surface area (Å²) in [5, 5.41) is 2.93. The molecule has 3 nitrogen and oxygen atoms in total. The number of para-hydroxylation sites is 1. The zero-order valence-corrected chi connectivity index (χ0v) is 11.3. The summed E-state index contributed by atoms with van der Waals surface area (Å²) in [5.74, 6) is 0. The fourth-order valence-corrected chi connectivity index (χ4v) is 1.87. The van der Waals surface area contributed by atoms with Crippen molar-refractivity contribution in [2.24, 2.45) is 0 Å². The zero-order chi connectivity index (χ0) is 13.7. The van der Waals surface area contributed by atoms with Crippen LogP contribution >= 0.6 is 0 Å². The van der Waals surface area contributed by atoms with E-state index in [2.05, 4.69) is 5.32 Å². The maximum absolute atomic E-state index is 12.0. The van der Waals surface area contributed by atoms with E-state index < -0.39 is 0 Å². The molecule has 0 unspecified atom stereocenters. The Labute approximate surface area is 113 Å². The molecule has 2 aromatic rings. The van der Waals surface area contributed by atoms with Gasteiger partial charge in [0.05, 0.1) is 0 Å². The Morgan fingerprint density at radius 1 is 1.05 bits per heavy atom. The Hall–Kier alpha value is -2.29. The van der Waals surface area contributed by atoms with Crippen LogP contribution in [0.3, 0.4) is 0 Å². The van der Waals surface area contributed by atoms with E-state index in [1.54, 1.807) is 11.9 Å². The van der Waals surface area contributed by atoms with Crippen LogP contribution < -0.4 is 10.2 Å². The molecule has 0 aliphatic carbocycles. The van der Waals surface area contributed by atoms with Gasteiger partial charge in [0.15, 0.2) is 0 Å². The largest absolute Gasteiger partial charge is 0.334 e. The molecule has 2 rings (SSSR count). The van der Waals surface area contributed by atoms with Crippen LogP contribution in [-0.2, 0) is 6.54 Å². The van der Waals surface area contributed by atoms with Crippen molar-refractivity contribution in [1.82, 2.24) is 5.32 Å². The summed E-state index contributed by atoms with van der Waals surface area (Å²) < 4.78 is 0. The van der Waals surface area contributed by atoms with E-state index in [1.165, 1.54) is 5.56 Å². The number of hydrogen-bond donors (Lipinski definition) is 1. The number of aryl methyl sites for hydroxylation is 1. The van der Waals surface area contributed by atoms with Crippen molar-refractivity contribution in [2.75, 3.05) is 11.9 Å². The summed E-state index contributed by atoms with van der Waals surface area (Å²) >= 11 is 0. The monoisotopic (exact) mass is 254 g/mol. The van der Waals surface area contributed by atoms with Crippen LogP contribution in [0.25, 0.3) is 0 Å². The summed E-state index contributed by atoms with van der Waals surface area (Å²) in [7, 11) is 1.77. The second kappa shape index (κ2) is 6.05. The van der Waals surface area contributed by atoms with Crippen LogP contribution in [0.1, 0.15) is 11.1 Å². The molecule has 0 spiro atoms. The molecular weight excluding hydrogens is 236 g/mol. The highest BCUT2D eigenvalue weighted by atomic mass is 16.2. The molecule has 2 aromatic carbocycles. The van der Waals surface area contributed by atoms with Crippen molar-refractivity contribution < 1.29 is 4.79 Å². The second-order valence-corrected chi connectivity index (χ2v) is 4.48. The van der Waals surface area contributed by atoms with Crippen molar-refractivity contribution in [3.63, 3.8) is 0 Å². The van der Waals surface area contributed by atoms with E-state index in [0.717, 1.165) is 11.3 Å². The van der Waals surface area contributed by atoms with Crippen LogP contribution in [0.5, 0.6) is 0 Å². The highest BCUT2D eigenvalue weighted by Gasteiger charge is 2.09. The number of rotatable bonds is 3. The first-order valence-electron chi connectivity index (χ1n) is 6.29. The minimum atomic E-state index is -0.102. The van der Waals surface area contributed by atoms with Crippen LogP contribution in [0.4, 0.5) is 10.5 Å². The third-order valence-corrected chi connectivity index (χ3v) is 3.14. The van der Waals surface area contributed by atoms with Crippen LogP contribution in [0.15, 0.2) is 54.6 Å². The van der Waals surface area contributed by atoms with E-state index in [-0.39, 0.29) is 6.03 Å². The van der Waals surface area contributed by atoms with Gasteiger partial charge in [-0.05, 0) is 30.2 Å². The Bertz CT molecular complexity index is 552. The predicted octanol–water partition coefficient (Wildman–Crippen LogP) is 3.34. The minimum absolute atomic E-state index is 0.102. The summed E-state index contributed by atoms with van der Waals surface area (Å²) in [6, 6.07) is 17.5. The average molecular weight is 254 g/mol. The van der Waals surface area contributed by atoms with Gasteiger partial charge in [-0.1, -0.05) is 42.5 Å². The molecule has 0 bridgehead atoms. The molecule has 0 radical (unpaired) electrons. The maximum atomic E-state index is 12.0. The Kier molecular flexibility index (Phi) is 4.18. The van der Waals surface area contributed by atoms with Gasteiger partial charge in [0.1, 0.15) is 0 Å². The van der Waals surface area contributed by atoms with Crippen LogP contribution in [-0.4, -0.2) is 13.1 Å². The lowest BCUT2D eigenvalue weighted by atomic mass is 10.1. The first-order valence-corrected chi connectivity index (χ1v) is 6.29. The number of hydrogen-bond acceptors (Lipinski definition) is 1. The summed E-state index contributed by atoms with van der Waals surface area (Å²) in [6.07, 6.45) is 0. The van der Waals surface area contributed by atoms with E-state index in [4.69, 9.17) is 0 Å². The summed E-state index contributed by atoms with van der Waals surface area (Å²) in [4.78, 5) is 13.7. The lowest BCUT2D eigenvalue weighted by Gasteiger charge is -2.18. The van der Waals surface area contributed by atoms with Gasteiger partial charge in [0.25, 0.3) is 0 Å². The minimum Gasteiger partial charge on any atom is -0.334 e. The molecule has 98 valence electrons. The number of nitrogens with one attached hydrogen (secondary N) is 1. The van der Waals surface area contributed by atoms with E-state index in [1.807, 2.05) is 61.5 Å². The topological polar surface area (TPSA) is 32.3 Å². The molecule has 0 saturated heterocycles. The molecule has 0 atom stereocenters. The van der Waals surface area contributed by atoms with Gasteiger partial charge in [-0.2, -0.15) is 0 Å². The maximum Gasteiger partial charge on any atom is 0.321 e. The highest BCUT2D eigenvalue weighted by molar-refractivity contribution is 5.91. The SMILES string of the molecule is Cc1ccccc1CNC(=O)N(C)c1ccccc1. The molecule has 19 heavy (non-hydrogen) atoms. The van der Waals surface area contributed by atoms with Gasteiger partial charge in [0, 0.05) is 19.3 Å². The highest BCUT2D eigenvalue weighted by Crippen LogP contribution is 2.11. The number of benzene rings is 2. The molecule has 0 fully saturated rings. The number of anilines is 1. The molecular formula is C16H18N2O. The van der Waals surface area contributed by atoms with Gasteiger partial charge in [0.2, 0.25) is 0 Å². The van der Waals surface area contributed by atoms with Crippen molar-refractivity contribution in [3.05, 3.63) is 65.7 Å². The van der Waals surface area contributed by atoms with Gasteiger partial charge in [-0.15, -0.1) is 0 Å². The van der Waals surface area contributed by atoms with Gasteiger partial charge in [-0.3, -0.25) is 4.90 Å². The van der Waals surface area contributed by atoms with Crippen molar-refractivity contribution >= 4 is 11.7 Å². The van der Waals surface area contributed by atoms with E-state index in [9.17, 15) is 4.79 Å². The molecule has 2 amide bonds. The number of carbonyl (C=O) groups is 1. The molecule has 0 aromatic heterocycles. The van der Waals surface area contributed by atoms with E-state index in [0.29, 0.717) is 6.54 Å². The molecule has 0 heterocycles. The molecule has 0 aliphatic rings. The average Bonchev–Trinajstić information content (AvgIpc) is 2.46. The first kappa shape index (κ1) is 13.1. The van der Waals surface area contributed by atoms with Crippen molar-refractivity contribution in [2.45, 2.75) is 13.5 Å². The molecule has 1 N–H and O–H groups in total.